The first-order valence-electron chi connectivity index (χ1n) is 9.22. The summed E-state index contributed by atoms with van der Waals surface area (Å²) in [6.07, 6.45) is 4.29. The SMILES string of the molecule is CCN(CC1CCN(c2ccccn2)CC1)c1nc(C(C)(C)C)ns1. The number of pyridine rings is 1. The molecular formula is C19H29N5S. The van der Waals surface area contributed by atoms with Crippen LogP contribution in [0.5, 0.6) is 0 Å². The van der Waals surface area contributed by atoms with Crippen LogP contribution in [0.3, 0.4) is 0 Å². The number of hydrogen-bond donors (Lipinski definition) is 0. The lowest BCUT2D eigenvalue weighted by Crippen LogP contribution is -2.39. The van der Waals surface area contributed by atoms with E-state index in [1.54, 1.807) is 0 Å². The van der Waals surface area contributed by atoms with Crippen LogP contribution >= 0.6 is 11.5 Å². The lowest BCUT2D eigenvalue weighted by molar-refractivity contribution is 0.403. The fourth-order valence-electron chi connectivity index (χ4n) is 3.19. The van der Waals surface area contributed by atoms with Crippen molar-refractivity contribution in [1.29, 1.82) is 0 Å². The van der Waals surface area contributed by atoms with Crippen LogP contribution in [0, 0.1) is 5.92 Å². The number of aromatic nitrogens is 3. The molecule has 2 aromatic rings. The Morgan fingerprint density at radius 3 is 2.56 bits per heavy atom. The van der Waals surface area contributed by atoms with E-state index in [4.69, 9.17) is 4.98 Å². The van der Waals surface area contributed by atoms with Gasteiger partial charge in [0.1, 0.15) is 11.6 Å². The quantitative estimate of drug-likeness (QED) is 0.808. The molecule has 3 rings (SSSR count). The molecule has 0 atom stereocenters. The van der Waals surface area contributed by atoms with Gasteiger partial charge in [0.05, 0.1) is 0 Å². The summed E-state index contributed by atoms with van der Waals surface area (Å²) in [5.41, 5.74) is 0.0161. The molecule has 3 heterocycles. The van der Waals surface area contributed by atoms with Crippen molar-refractivity contribution < 1.29 is 0 Å². The standard InChI is InChI=1S/C19H29N5S/c1-5-23(18-21-17(22-25-18)19(2,3)4)14-15-9-12-24(13-10-15)16-8-6-7-11-20-16/h6-8,11,15H,5,9-10,12-14H2,1-4H3. The maximum atomic E-state index is 4.79. The Kier molecular flexibility index (Phi) is 5.57. The second kappa shape index (κ2) is 7.68. The largest absolute Gasteiger partial charge is 0.357 e. The third kappa shape index (κ3) is 4.48. The van der Waals surface area contributed by atoms with Crippen molar-refractivity contribution in [1.82, 2.24) is 14.3 Å². The fraction of sp³-hybridized carbons (Fsp3) is 0.632. The maximum absolute atomic E-state index is 4.79. The summed E-state index contributed by atoms with van der Waals surface area (Å²) in [4.78, 5) is 14.1. The molecule has 136 valence electrons. The van der Waals surface area contributed by atoms with E-state index in [1.807, 2.05) is 12.3 Å². The Hall–Kier alpha value is -1.69. The van der Waals surface area contributed by atoms with Crippen LogP contribution in [-0.4, -0.2) is 40.5 Å². The minimum Gasteiger partial charge on any atom is -0.357 e. The Labute approximate surface area is 155 Å². The molecule has 6 heteroatoms. The molecule has 0 unspecified atom stereocenters. The predicted octanol–water partition coefficient (Wildman–Crippen LogP) is 3.97. The van der Waals surface area contributed by atoms with Gasteiger partial charge in [-0.2, -0.15) is 4.37 Å². The van der Waals surface area contributed by atoms with Crippen molar-refractivity contribution in [3.8, 4) is 0 Å². The third-order valence-corrected chi connectivity index (χ3v) is 5.58. The van der Waals surface area contributed by atoms with Crippen molar-refractivity contribution in [3.05, 3.63) is 30.2 Å². The maximum Gasteiger partial charge on any atom is 0.205 e. The smallest absolute Gasteiger partial charge is 0.205 e. The topological polar surface area (TPSA) is 45.2 Å². The predicted molar refractivity (Wildman–Crippen MR) is 106 cm³/mol. The summed E-state index contributed by atoms with van der Waals surface area (Å²) in [5.74, 6) is 2.77. The monoisotopic (exact) mass is 359 g/mol. The van der Waals surface area contributed by atoms with Gasteiger partial charge < -0.3 is 9.80 Å². The Morgan fingerprint density at radius 2 is 2.00 bits per heavy atom. The molecule has 2 aromatic heterocycles. The van der Waals surface area contributed by atoms with Crippen LogP contribution in [0.1, 0.15) is 46.4 Å². The van der Waals surface area contributed by atoms with Gasteiger partial charge in [0.2, 0.25) is 5.13 Å². The molecule has 25 heavy (non-hydrogen) atoms. The molecule has 0 N–H and O–H groups in total. The minimum absolute atomic E-state index is 0.0161. The van der Waals surface area contributed by atoms with E-state index < -0.39 is 0 Å². The molecule has 1 aliphatic rings. The van der Waals surface area contributed by atoms with Crippen molar-refractivity contribution >= 4 is 22.5 Å². The first-order chi connectivity index (χ1) is 12.0. The van der Waals surface area contributed by atoms with Gasteiger partial charge in [-0.15, -0.1) is 0 Å². The van der Waals surface area contributed by atoms with E-state index in [2.05, 4.69) is 59.0 Å². The zero-order chi connectivity index (χ0) is 17.9. The molecule has 1 fully saturated rings. The van der Waals surface area contributed by atoms with Crippen LogP contribution < -0.4 is 9.80 Å². The summed E-state index contributed by atoms with van der Waals surface area (Å²) in [5, 5.41) is 1.07. The number of hydrogen-bond acceptors (Lipinski definition) is 6. The van der Waals surface area contributed by atoms with Gasteiger partial charge in [0.15, 0.2) is 0 Å². The average Bonchev–Trinajstić information content (AvgIpc) is 3.11. The molecule has 0 aromatic carbocycles. The van der Waals surface area contributed by atoms with Gasteiger partial charge in [-0.25, -0.2) is 9.97 Å². The second-order valence-electron chi connectivity index (χ2n) is 7.81. The summed E-state index contributed by atoms with van der Waals surface area (Å²) >= 11 is 1.54. The molecule has 0 amide bonds. The van der Waals surface area contributed by atoms with Crippen molar-refractivity contribution in [3.63, 3.8) is 0 Å². The lowest BCUT2D eigenvalue weighted by atomic mass is 9.96. The van der Waals surface area contributed by atoms with Gasteiger partial charge in [-0.1, -0.05) is 26.8 Å². The van der Waals surface area contributed by atoms with E-state index in [0.29, 0.717) is 5.92 Å². The molecule has 0 spiro atoms. The van der Waals surface area contributed by atoms with Crippen LogP contribution in [0.4, 0.5) is 10.9 Å². The summed E-state index contributed by atoms with van der Waals surface area (Å²) in [7, 11) is 0. The van der Waals surface area contributed by atoms with Crippen LogP contribution in [-0.2, 0) is 5.41 Å². The summed E-state index contributed by atoms with van der Waals surface area (Å²) in [6, 6.07) is 6.15. The van der Waals surface area contributed by atoms with Gasteiger partial charge in [0, 0.05) is 49.3 Å². The third-order valence-electron chi connectivity index (χ3n) is 4.80. The minimum atomic E-state index is 0.0161. The molecule has 1 saturated heterocycles. The van der Waals surface area contributed by atoms with Crippen LogP contribution in [0.2, 0.25) is 0 Å². The van der Waals surface area contributed by atoms with E-state index in [1.165, 1.54) is 24.4 Å². The molecule has 1 aliphatic heterocycles. The summed E-state index contributed by atoms with van der Waals surface area (Å²) < 4.78 is 4.57. The Balaban J connectivity index is 1.57. The highest BCUT2D eigenvalue weighted by Gasteiger charge is 2.25. The van der Waals surface area contributed by atoms with Crippen LogP contribution in [0.15, 0.2) is 24.4 Å². The molecule has 0 saturated carbocycles. The number of anilines is 2. The van der Waals surface area contributed by atoms with E-state index >= 15 is 0 Å². The fourth-order valence-corrected chi connectivity index (χ4v) is 4.12. The normalized spacial score (nSPS) is 16.2. The number of piperidine rings is 1. The van der Waals surface area contributed by atoms with Crippen molar-refractivity contribution in [2.45, 2.75) is 46.0 Å². The number of nitrogens with zero attached hydrogens (tertiary/aromatic N) is 5. The molecule has 5 nitrogen and oxygen atoms in total. The van der Waals surface area contributed by atoms with Gasteiger partial charge in [-0.05, 0) is 37.8 Å². The molecule has 0 radical (unpaired) electrons. The van der Waals surface area contributed by atoms with Crippen molar-refractivity contribution in [2.75, 3.05) is 36.0 Å². The highest BCUT2D eigenvalue weighted by atomic mass is 32.1. The van der Waals surface area contributed by atoms with Gasteiger partial charge in [-0.3, -0.25) is 0 Å². The van der Waals surface area contributed by atoms with E-state index in [-0.39, 0.29) is 5.41 Å². The zero-order valence-electron chi connectivity index (χ0n) is 15.8. The van der Waals surface area contributed by atoms with E-state index in [0.717, 1.165) is 43.0 Å². The molecule has 0 aliphatic carbocycles. The summed E-state index contributed by atoms with van der Waals surface area (Å²) in [6.45, 7) is 12.9. The van der Waals surface area contributed by atoms with Gasteiger partial charge >= 0.3 is 0 Å². The first-order valence-corrected chi connectivity index (χ1v) is 10.00. The Morgan fingerprint density at radius 1 is 1.24 bits per heavy atom. The average molecular weight is 360 g/mol. The first kappa shape index (κ1) is 18.1. The van der Waals surface area contributed by atoms with Crippen molar-refractivity contribution in [2.24, 2.45) is 5.92 Å². The highest BCUT2D eigenvalue weighted by Crippen LogP contribution is 2.28. The highest BCUT2D eigenvalue weighted by molar-refractivity contribution is 7.09. The second-order valence-corrected chi connectivity index (χ2v) is 8.54. The number of rotatable bonds is 5. The van der Waals surface area contributed by atoms with E-state index in [9.17, 15) is 0 Å². The zero-order valence-corrected chi connectivity index (χ0v) is 16.6. The molecule has 0 bridgehead atoms. The van der Waals surface area contributed by atoms with Crippen LogP contribution in [0.25, 0.3) is 0 Å². The van der Waals surface area contributed by atoms with Gasteiger partial charge in [0.25, 0.3) is 0 Å². The Bertz CT molecular complexity index is 656. The molecular weight excluding hydrogens is 330 g/mol. The lowest BCUT2D eigenvalue weighted by Gasteiger charge is -2.35.